The average Bonchev–Trinajstić information content (AvgIpc) is 2.45. The molecule has 1 aromatic carbocycles. The molecule has 2 rings (SSSR count). The Hall–Kier alpha value is -1.06. The number of carbonyl (C=O) groups excluding carboxylic acids is 1. The lowest BCUT2D eigenvalue weighted by Gasteiger charge is -2.34. The minimum absolute atomic E-state index is 0.0276. The van der Waals surface area contributed by atoms with Gasteiger partial charge in [0.05, 0.1) is 19.3 Å². The molecule has 1 aliphatic rings. The van der Waals surface area contributed by atoms with Crippen molar-refractivity contribution in [2.75, 3.05) is 25.6 Å². The number of hydrogen-bond acceptors (Lipinski definition) is 2. The molecule has 1 aliphatic heterocycles. The van der Waals surface area contributed by atoms with Gasteiger partial charge >= 0.3 is 0 Å². The summed E-state index contributed by atoms with van der Waals surface area (Å²) in [5.74, 6) is 0.450. The molecule has 0 aliphatic carbocycles. The highest BCUT2D eigenvalue weighted by Gasteiger charge is 2.27. The molecule has 0 radical (unpaired) electrons. The summed E-state index contributed by atoms with van der Waals surface area (Å²) < 4.78 is 5.37. The summed E-state index contributed by atoms with van der Waals surface area (Å²) in [6.07, 6.45) is 0. The topological polar surface area (TPSA) is 29.5 Å². The van der Waals surface area contributed by atoms with Crippen molar-refractivity contribution in [1.82, 2.24) is 4.90 Å². The minimum atomic E-state index is -0.0276. The van der Waals surface area contributed by atoms with E-state index in [2.05, 4.69) is 20.8 Å². The fourth-order valence-corrected chi connectivity index (χ4v) is 2.58. The van der Waals surface area contributed by atoms with Gasteiger partial charge in [0.2, 0.25) is 0 Å². The van der Waals surface area contributed by atoms with E-state index in [1.54, 1.807) is 0 Å². The van der Waals surface area contributed by atoms with Crippen molar-refractivity contribution < 1.29 is 9.53 Å². The van der Waals surface area contributed by atoms with Crippen LogP contribution in [0.25, 0.3) is 0 Å². The summed E-state index contributed by atoms with van der Waals surface area (Å²) >= 11 is 5.92. The maximum atomic E-state index is 12.5. The third-order valence-corrected chi connectivity index (χ3v) is 4.02. The van der Waals surface area contributed by atoms with Crippen LogP contribution in [0.15, 0.2) is 24.3 Å². The van der Waals surface area contributed by atoms with E-state index in [0.717, 1.165) is 5.56 Å². The van der Waals surface area contributed by atoms with E-state index in [1.807, 2.05) is 29.2 Å². The van der Waals surface area contributed by atoms with Gasteiger partial charge in [0.25, 0.3) is 5.91 Å². The van der Waals surface area contributed by atoms with Gasteiger partial charge in [-0.1, -0.05) is 32.9 Å². The van der Waals surface area contributed by atoms with Crippen LogP contribution in [0.5, 0.6) is 0 Å². The number of hydrogen-bond donors (Lipinski definition) is 0. The lowest BCUT2D eigenvalue weighted by atomic mass is 9.86. The third-order valence-electron chi connectivity index (χ3n) is 3.66. The molecular weight excluding hydrogens is 274 g/mol. The highest BCUT2D eigenvalue weighted by Crippen LogP contribution is 2.23. The van der Waals surface area contributed by atoms with Crippen LogP contribution in [0.1, 0.15) is 36.7 Å². The smallest absolute Gasteiger partial charge is 0.254 e. The van der Waals surface area contributed by atoms with E-state index in [-0.39, 0.29) is 17.4 Å². The molecule has 0 aromatic heterocycles. The van der Waals surface area contributed by atoms with Gasteiger partial charge in [0.15, 0.2) is 0 Å². The fraction of sp³-hybridized carbons (Fsp3) is 0.562. The van der Waals surface area contributed by atoms with Crippen molar-refractivity contribution in [3.63, 3.8) is 0 Å². The summed E-state index contributed by atoms with van der Waals surface area (Å²) in [5, 5.41) is 0. The number of morpholine rings is 1. The summed E-state index contributed by atoms with van der Waals surface area (Å²) in [5.41, 5.74) is 2.04. The number of amides is 1. The highest BCUT2D eigenvalue weighted by molar-refractivity contribution is 6.18. The molecule has 1 fully saturated rings. The Morgan fingerprint density at radius 2 is 2.00 bits per heavy atom. The van der Waals surface area contributed by atoms with Gasteiger partial charge in [-0.15, -0.1) is 11.6 Å². The van der Waals surface area contributed by atoms with E-state index in [4.69, 9.17) is 16.3 Å². The second-order valence-corrected chi connectivity index (χ2v) is 6.52. The molecule has 0 spiro atoms. The Morgan fingerprint density at radius 3 is 2.55 bits per heavy atom. The van der Waals surface area contributed by atoms with Crippen LogP contribution < -0.4 is 0 Å². The first kappa shape index (κ1) is 15.3. The SMILES string of the molecule is CC(C)(C)c1ccc(C(=O)N2CCOCC2CCl)cc1. The molecule has 1 atom stereocenters. The molecule has 0 saturated carbocycles. The summed E-state index contributed by atoms with van der Waals surface area (Å²) in [6.45, 7) is 8.20. The Morgan fingerprint density at radius 1 is 1.35 bits per heavy atom. The monoisotopic (exact) mass is 295 g/mol. The van der Waals surface area contributed by atoms with E-state index in [1.165, 1.54) is 5.56 Å². The van der Waals surface area contributed by atoms with Gasteiger partial charge in [-0.25, -0.2) is 0 Å². The zero-order chi connectivity index (χ0) is 14.8. The zero-order valence-electron chi connectivity index (χ0n) is 12.4. The van der Waals surface area contributed by atoms with Crippen LogP contribution in [0.3, 0.4) is 0 Å². The van der Waals surface area contributed by atoms with Crippen molar-refractivity contribution in [2.24, 2.45) is 0 Å². The van der Waals surface area contributed by atoms with Gasteiger partial charge in [-0.05, 0) is 23.1 Å². The number of rotatable bonds is 2. The number of carbonyl (C=O) groups is 1. The molecule has 0 N–H and O–H groups in total. The molecule has 4 heteroatoms. The first-order valence-corrected chi connectivity index (χ1v) is 7.52. The predicted octanol–water partition coefficient (Wildman–Crippen LogP) is 3.06. The fourth-order valence-electron chi connectivity index (χ4n) is 2.33. The lowest BCUT2D eigenvalue weighted by Crippen LogP contribution is -2.49. The average molecular weight is 296 g/mol. The maximum absolute atomic E-state index is 12.5. The van der Waals surface area contributed by atoms with Crippen molar-refractivity contribution in [3.8, 4) is 0 Å². The minimum Gasteiger partial charge on any atom is -0.377 e. The van der Waals surface area contributed by atoms with Crippen LogP contribution in [-0.2, 0) is 10.2 Å². The number of benzene rings is 1. The summed E-state index contributed by atoms with van der Waals surface area (Å²) in [7, 11) is 0. The van der Waals surface area contributed by atoms with Gasteiger partial charge in [-0.2, -0.15) is 0 Å². The molecule has 0 bridgehead atoms. The van der Waals surface area contributed by atoms with Crippen LogP contribution >= 0.6 is 11.6 Å². The molecule has 3 nitrogen and oxygen atoms in total. The highest BCUT2D eigenvalue weighted by atomic mass is 35.5. The Kier molecular flexibility index (Phi) is 4.71. The van der Waals surface area contributed by atoms with Crippen LogP contribution in [0.2, 0.25) is 0 Å². The number of nitrogens with zero attached hydrogens (tertiary/aromatic N) is 1. The van der Waals surface area contributed by atoms with Crippen LogP contribution in [0, 0.1) is 0 Å². The Labute approximate surface area is 125 Å². The zero-order valence-corrected chi connectivity index (χ0v) is 13.1. The van der Waals surface area contributed by atoms with Crippen LogP contribution in [-0.4, -0.2) is 42.5 Å². The van der Waals surface area contributed by atoms with Crippen molar-refractivity contribution in [1.29, 1.82) is 0 Å². The molecule has 1 amide bonds. The Balaban J connectivity index is 2.16. The summed E-state index contributed by atoms with van der Waals surface area (Å²) in [6, 6.07) is 7.85. The molecule has 110 valence electrons. The molecule has 20 heavy (non-hydrogen) atoms. The Bertz CT molecular complexity index is 464. The van der Waals surface area contributed by atoms with Gasteiger partial charge in [0, 0.05) is 18.0 Å². The second-order valence-electron chi connectivity index (χ2n) is 6.21. The van der Waals surface area contributed by atoms with Crippen molar-refractivity contribution >= 4 is 17.5 Å². The normalized spacial score (nSPS) is 20.0. The predicted molar refractivity (Wildman–Crippen MR) is 81.5 cm³/mol. The molecule has 1 unspecified atom stereocenters. The first-order valence-electron chi connectivity index (χ1n) is 6.98. The molecule has 1 saturated heterocycles. The molecule has 1 heterocycles. The van der Waals surface area contributed by atoms with E-state index in [0.29, 0.717) is 25.6 Å². The first-order chi connectivity index (χ1) is 9.43. The van der Waals surface area contributed by atoms with Crippen molar-refractivity contribution in [2.45, 2.75) is 32.2 Å². The van der Waals surface area contributed by atoms with E-state index in [9.17, 15) is 4.79 Å². The quantitative estimate of drug-likeness (QED) is 0.785. The van der Waals surface area contributed by atoms with Gasteiger partial charge in [-0.3, -0.25) is 4.79 Å². The largest absolute Gasteiger partial charge is 0.377 e. The number of halogens is 1. The summed E-state index contributed by atoms with van der Waals surface area (Å²) in [4.78, 5) is 14.4. The maximum Gasteiger partial charge on any atom is 0.254 e. The van der Waals surface area contributed by atoms with Gasteiger partial charge in [0.1, 0.15) is 0 Å². The number of alkyl halides is 1. The van der Waals surface area contributed by atoms with E-state index < -0.39 is 0 Å². The lowest BCUT2D eigenvalue weighted by molar-refractivity contribution is 0.00456. The van der Waals surface area contributed by atoms with Crippen LogP contribution in [0.4, 0.5) is 0 Å². The van der Waals surface area contributed by atoms with Gasteiger partial charge < -0.3 is 9.64 Å². The second kappa shape index (κ2) is 6.15. The standard InChI is InChI=1S/C16H22ClNO2/c1-16(2,3)13-6-4-12(5-7-13)15(19)18-8-9-20-11-14(18)10-17/h4-7,14H,8-11H2,1-3H3. The molecule has 1 aromatic rings. The molecular formula is C16H22ClNO2. The van der Waals surface area contributed by atoms with E-state index >= 15 is 0 Å². The third kappa shape index (κ3) is 3.33. The van der Waals surface area contributed by atoms with Crippen molar-refractivity contribution in [3.05, 3.63) is 35.4 Å². The number of ether oxygens (including phenoxy) is 1.